The molecule has 104 valence electrons. The number of rotatable bonds is 3. The molecule has 0 aliphatic rings. The number of hydrogen-bond acceptors (Lipinski definition) is 3. The lowest BCUT2D eigenvalue weighted by molar-refractivity contribution is -0.115. The summed E-state index contributed by atoms with van der Waals surface area (Å²) in [5, 5.41) is 21.8. The predicted octanol–water partition coefficient (Wildman–Crippen LogP) is 3.59. The topological polar surface area (TPSA) is 69.6 Å². The third-order valence-electron chi connectivity index (χ3n) is 2.63. The highest BCUT2D eigenvalue weighted by atomic mass is 35.5. The number of nitrogens with one attached hydrogen (secondary N) is 1. The standard InChI is InChI=1S/C14H11Cl2NO3/c15-9-2-1-3-10(14(9)16)17-13(20)7-8-4-5-11(18)12(19)6-8/h1-6,18-19H,7H2,(H,17,20). The van der Waals surface area contributed by atoms with E-state index in [9.17, 15) is 15.0 Å². The van der Waals surface area contributed by atoms with Crippen LogP contribution in [0.5, 0.6) is 11.5 Å². The largest absolute Gasteiger partial charge is 0.504 e. The Kier molecular flexibility index (Phi) is 4.37. The van der Waals surface area contributed by atoms with E-state index in [4.69, 9.17) is 23.2 Å². The van der Waals surface area contributed by atoms with Crippen LogP contribution in [0.4, 0.5) is 5.69 Å². The van der Waals surface area contributed by atoms with Crippen molar-refractivity contribution in [3.63, 3.8) is 0 Å². The molecule has 0 fully saturated rings. The molecule has 6 heteroatoms. The minimum Gasteiger partial charge on any atom is -0.504 e. The van der Waals surface area contributed by atoms with Gasteiger partial charge in [0.05, 0.1) is 22.2 Å². The maximum atomic E-state index is 11.9. The van der Waals surface area contributed by atoms with E-state index in [-0.39, 0.29) is 28.8 Å². The van der Waals surface area contributed by atoms with Crippen molar-refractivity contribution < 1.29 is 15.0 Å². The lowest BCUT2D eigenvalue weighted by Crippen LogP contribution is -2.14. The van der Waals surface area contributed by atoms with Crippen LogP contribution in [0.15, 0.2) is 36.4 Å². The van der Waals surface area contributed by atoms with Crippen molar-refractivity contribution in [1.29, 1.82) is 0 Å². The second-order valence-electron chi connectivity index (χ2n) is 4.15. The van der Waals surface area contributed by atoms with Crippen LogP contribution >= 0.6 is 23.2 Å². The van der Waals surface area contributed by atoms with Gasteiger partial charge in [0, 0.05) is 0 Å². The van der Waals surface area contributed by atoms with Crippen LogP contribution in [0.1, 0.15) is 5.56 Å². The maximum Gasteiger partial charge on any atom is 0.228 e. The predicted molar refractivity (Wildman–Crippen MR) is 78.6 cm³/mol. The van der Waals surface area contributed by atoms with Gasteiger partial charge in [-0.2, -0.15) is 0 Å². The van der Waals surface area contributed by atoms with E-state index in [1.54, 1.807) is 24.3 Å². The second-order valence-corrected chi connectivity index (χ2v) is 4.93. The fourth-order valence-electron chi connectivity index (χ4n) is 1.66. The Labute approximate surface area is 125 Å². The molecule has 0 saturated carbocycles. The fraction of sp³-hybridized carbons (Fsp3) is 0.0714. The van der Waals surface area contributed by atoms with Crippen LogP contribution in [-0.4, -0.2) is 16.1 Å². The van der Waals surface area contributed by atoms with Gasteiger partial charge in [-0.3, -0.25) is 4.79 Å². The van der Waals surface area contributed by atoms with E-state index in [2.05, 4.69) is 5.32 Å². The number of phenols is 2. The van der Waals surface area contributed by atoms with Gasteiger partial charge in [-0.1, -0.05) is 35.3 Å². The Morgan fingerprint density at radius 3 is 2.55 bits per heavy atom. The van der Waals surface area contributed by atoms with Crippen molar-refractivity contribution >= 4 is 34.8 Å². The number of benzene rings is 2. The van der Waals surface area contributed by atoms with Crippen molar-refractivity contribution in [3.8, 4) is 11.5 Å². The number of carbonyl (C=O) groups is 1. The lowest BCUT2D eigenvalue weighted by atomic mass is 10.1. The van der Waals surface area contributed by atoms with Crippen LogP contribution in [0.3, 0.4) is 0 Å². The number of aromatic hydroxyl groups is 2. The Morgan fingerprint density at radius 1 is 1.10 bits per heavy atom. The molecule has 1 amide bonds. The normalized spacial score (nSPS) is 10.3. The van der Waals surface area contributed by atoms with E-state index in [0.29, 0.717) is 16.3 Å². The van der Waals surface area contributed by atoms with Crippen molar-refractivity contribution in [2.24, 2.45) is 0 Å². The summed E-state index contributed by atoms with van der Waals surface area (Å²) in [6, 6.07) is 9.14. The van der Waals surface area contributed by atoms with Gasteiger partial charge < -0.3 is 15.5 Å². The van der Waals surface area contributed by atoms with Crippen LogP contribution < -0.4 is 5.32 Å². The molecule has 0 aliphatic heterocycles. The molecule has 0 unspecified atom stereocenters. The highest BCUT2D eigenvalue weighted by Crippen LogP contribution is 2.30. The van der Waals surface area contributed by atoms with E-state index < -0.39 is 0 Å². The third kappa shape index (κ3) is 3.35. The minimum absolute atomic E-state index is 0.0384. The first-order valence-corrected chi connectivity index (χ1v) is 6.47. The minimum atomic E-state index is -0.306. The smallest absolute Gasteiger partial charge is 0.228 e. The molecule has 0 saturated heterocycles. The average Bonchev–Trinajstić information content (AvgIpc) is 2.39. The lowest BCUT2D eigenvalue weighted by Gasteiger charge is -2.08. The van der Waals surface area contributed by atoms with Crippen LogP contribution in [0.2, 0.25) is 10.0 Å². The second kappa shape index (κ2) is 6.03. The fourth-order valence-corrected chi connectivity index (χ4v) is 2.01. The maximum absolute atomic E-state index is 11.9. The van der Waals surface area contributed by atoms with Crippen molar-refractivity contribution in [2.45, 2.75) is 6.42 Å². The Morgan fingerprint density at radius 2 is 1.85 bits per heavy atom. The van der Waals surface area contributed by atoms with Crippen LogP contribution in [0, 0.1) is 0 Å². The van der Waals surface area contributed by atoms with Gasteiger partial charge in [-0.15, -0.1) is 0 Å². The molecule has 0 spiro atoms. The number of amides is 1. The summed E-state index contributed by atoms with van der Waals surface area (Å²) in [4.78, 5) is 11.9. The number of carbonyl (C=O) groups excluding carboxylic acids is 1. The molecule has 2 aromatic carbocycles. The monoisotopic (exact) mass is 311 g/mol. The van der Waals surface area contributed by atoms with Crippen molar-refractivity contribution in [1.82, 2.24) is 0 Å². The van der Waals surface area contributed by atoms with Crippen LogP contribution in [-0.2, 0) is 11.2 Å². The molecule has 4 nitrogen and oxygen atoms in total. The summed E-state index contributed by atoms with van der Waals surface area (Å²) < 4.78 is 0. The summed E-state index contributed by atoms with van der Waals surface area (Å²) in [5.41, 5.74) is 0.989. The van der Waals surface area contributed by atoms with Gasteiger partial charge in [-0.25, -0.2) is 0 Å². The summed E-state index contributed by atoms with van der Waals surface area (Å²) in [6.45, 7) is 0. The molecule has 0 aromatic heterocycles. The number of anilines is 1. The van der Waals surface area contributed by atoms with E-state index in [0.717, 1.165) is 0 Å². The highest BCUT2D eigenvalue weighted by Gasteiger charge is 2.10. The van der Waals surface area contributed by atoms with Crippen molar-refractivity contribution in [3.05, 3.63) is 52.0 Å². The average molecular weight is 312 g/mol. The molecule has 0 heterocycles. The number of phenolic OH excluding ortho intramolecular Hbond substituents is 2. The molecule has 0 bridgehead atoms. The van der Waals surface area contributed by atoms with Gasteiger partial charge in [-0.05, 0) is 29.8 Å². The Balaban J connectivity index is 2.09. The SMILES string of the molecule is O=C(Cc1ccc(O)c(O)c1)Nc1cccc(Cl)c1Cl. The summed E-state index contributed by atoms with van der Waals surface area (Å²) in [5.74, 6) is -0.803. The summed E-state index contributed by atoms with van der Waals surface area (Å²) >= 11 is 11.8. The molecule has 3 N–H and O–H groups in total. The van der Waals surface area contributed by atoms with E-state index in [1.807, 2.05) is 0 Å². The summed E-state index contributed by atoms with van der Waals surface area (Å²) in [7, 11) is 0. The molecule has 0 aliphatic carbocycles. The molecule has 2 aromatic rings. The number of halogens is 2. The molecular formula is C14H11Cl2NO3. The van der Waals surface area contributed by atoms with E-state index in [1.165, 1.54) is 12.1 Å². The molecule has 2 rings (SSSR count). The van der Waals surface area contributed by atoms with Gasteiger partial charge in [0.1, 0.15) is 0 Å². The first kappa shape index (κ1) is 14.5. The molecule has 0 atom stereocenters. The molecule has 20 heavy (non-hydrogen) atoms. The zero-order chi connectivity index (χ0) is 14.7. The zero-order valence-electron chi connectivity index (χ0n) is 10.2. The van der Waals surface area contributed by atoms with Crippen molar-refractivity contribution in [2.75, 3.05) is 5.32 Å². The first-order valence-electron chi connectivity index (χ1n) is 5.72. The third-order valence-corrected chi connectivity index (χ3v) is 3.45. The van der Waals surface area contributed by atoms with Crippen LogP contribution in [0.25, 0.3) is 0 Å². The van der Waals surface area contributed by atoms with Gasteiger partial charge in [0.15, 0.2) is 11.5 Å². The van der Waals surface area contributed by atoms with Gasteiger partial charge in [0.2, 0.25) is 5.91 Å². The van der Waals surface area contributed by atoms with E-state index >= 15 is 0 Å². The van der Waals surface area contributed by atoms with Gasteiger partial charge in [0.25, 0.3) is 0 Å². The zero-order valence-corrected chi connectivity index (χ0v) is 11.7. The quantitative estimate of drug-likeness (QED) is 0.759. The Hall–Kier alpha value is -1.91. The van der Waals surface area contributed by atoms with Gasteiger partial charge >= 0.3 is 0 Å². The molecular weight excluding hydrogens is 301 g/mol. The first-order chi connectivity index (χ1) is 9.47. The number of hydrogen-bond donors (Lipinski definition) is 3. The Bertz CT molecular complexity index is 659. The molecule has 0 radical (unpaired) electrons. The summed E-state index contributed by atoms with van der Waals surface area (Å²) in [6.07, 6.45) is 0.0384. The highest BCUT2D eigenvalue weighted by molar-refractivity contribution is 6.43.